The molecule has 1 aliphatic heterocycles. The normalized spacial score (nSPS) is 27.1. The second kappa shape index (κ2) is 6.58. The first-order valence-corrected chi connectivity index (χ1v) is 7.92. The average Bonchev–Trinajstić information content (AvgIpc) is 2.66. The molecule has 2 aliphatic carbocycles. The molecule has 0 amide bonds. The summed E-state index contributed by atoms with van der Waals surface area (Å²) < 4.78 is 5.90. The lowest BCUT2D eigenvalue weighted by atomic mass is 9.85. The first kappa shape index (κ1) is 15.2. The van der Waals surface area contributed by atoms with Gasteiger partial charge in [0.25, 0.3) is 0 Å². The number of ether oxygens (including phenoxy) is 1. The second-order valence-corrected chi connectivity index (χ2v) is 6.16. The van der Waals surface area contributed by atoms with Crippen LogP contribution in [0.15, 0.2) is 45.4 Å². The molecule has 0 aromatic heterocycles. The summed E-state index contributed by atoms with van der Waals surface area (Å²) in [5.74, 6) is 1.18. The quantitative estimate of drug-likeness (QED) is 0.865. The second-order valence-electron chi connectivity index (χ2n) is 6.16. The largest absolute Gasteiger partial charge is 0.476 e. The van der Waals surface area contributed by atoms with Gasteiger partial charge in [-0.25, -0.2) is 9.98 Å². The third kappa shape index (κ3) is 3.20. The molecule has 0 saturated heterocycles. The Labute approximate surface area is 131 Å². The zero-order valence-corrected chi connectivity index (χ0v) is 13.3. The maximum Gasteiger partial charge on any atom is 0.221 e. The highest BCUT2D eigenvalue weighted by atomic mass is 16.5. The molecule has 3 aliphatic rings. The molecule has 0 fully saturated rings. The van der Waals surface area contributed by atoms with Gasteiger partial charge in [-0.3, -0.25) is 5.73 Å². The molecule has 0 saturated carbocycles. The molecular weight excluding hydrogens is 276 g/mol. The van der Waals surface area contributed by atoms with Crippen LogP contribution in [0.1, 0.15) is 19.3 Å². The van der Waals surface area contributed by atoms with E-state index in [1.54, 1.807) is 0 Å². The molecule has 5 nitrogen and oxygen atoms in total. The number of allylic oxidation sites excluding steroid dienone is 5. The predicted octanol–water partition coefficient (Wildman–Crippen LogP) is 1.88. The topological polar surface area (TPSA) is 63.2 Å². The van der Waals surface area contributed by atoms with Crippen molar-refractivity contribution in [3.05, 3.63) is 35.5 Å². The van der Waals surface area contributed by atoms with Crippen LogP contribution in [0, 0.1) is 5.92 Å². The lowest BCUT2D eigenvalue weighted by Crippen LogP contribution is -2.32. The van der Waals surface area contributed by atoms with Crippen LogP contribution < -0.4 is 5.73 Å². The maximum atomic E-state index is 6.00. The molecule has 118 valence electrons. The number of rotatable bonds is 3. The number of likely N-dealkylation sites (N-methyl/N-ethyl adjacent to an activating group) is 1. The van der Waals surface area contributed by atoms with Gasteiger partial charge in [0, 0.05) is 6.54 Å². The number of aliphatic imine (C=N–C) groups is 2. The van der Waals surface area contributed by atoms with Gasteiger partial charge >= 0.3 is 0 Å². The van der Waals surface area contributed by atoms with Crippen molar-refractivity contribution < 1.29 is 4.74 Å². The standard InChI is InChI=1S/C17H24N4O/c1-21(2)10-11-22-16-14-9-5-7-12-6-3-4-8-13(12)15(14)19-17(18)20-16/h3-4,8-9,12,17H,5-7,10-11,18H2,1-2H3. The molecule has 0 bridgehead atoms. The van der Waals surface area contributed by atoms with Crippen molar-refractivity contribution >= 4 is 11.6 Å². The highest BCUT2D eigenvalue weighted by Gasteiger charge is 2.30. The van der Waals surface area contributed by atoms with E-state index >= 15 is 0 Å². The van der Waals surface area contributed by atoms with Crippen LogP contribution in [0.25, 0.3) is 0 Å². The minimum absolute atomic E-state index is 0.533. The molecule has 0 aromatic rings. The molecule has 0 radical (unpaired) electrons. The minimum Gasteiger partial charge on any atom is -0.476 e. The lowest BCUT2D eigenvalue weighted by Gasteiger charge is -2.25. The Morgan fingerprint density at radius 1 is 1.36 bits per heavy atom. The molecule has 1 heterocycles. The van der Waals surface area contributed by atoms with Crippen LogP contribution in [0.3, 0.4) is 0 Å². The average molecular weight is 300 g/mol. The number of hydrogen-bond donors (Lipinski definition) is 1. The summed E-state index contributed by atoms with van der Waals surface area (Å²) in [6.45, 7) is 1.45. The van der Waals surface area contributed by atoms with Crippen LogP contribution >= 0.6 is 0 Å². The van der Waals surface area contributed by atoms with E-state index in [1.807, 2.05) is 14.1 Å². The molecule has 5 heteroatoms. The van der Waals surface area contributed by atoms with Gasteiger partial charge in [-0.15, -0.1) is 0 Å². The fraction of sp³-hybridized carbons (Fsp3) is 0.529. The third-order valence-corrected chi connectivity index (χ3v) is 4.18. The van der Waals surface area contributed by atoms with Gasteiger partial charge in [-0.05, 0) is 44.8 Å². The van der Waals surface area contributed by atoms with E-state index in [9.17, 15) is 0 Å². The summed E-state index contributed by atoms with van der Waals surface area (Å²) in [7, 11) is 4.05. The van der Waals surface area contributed by atoms with Gasteiger partial charge in [-0.2, -0.15) is 0 Å². The van der Waals surface area contributed by atoms with E-state index in [1.165, 1.54) is 5.57 Å². The fourth-order valence-corrected chi connectivity index (χ4v) is 3.03. The van der Waals surface area contributed by atoms with E-state index in [0.717, 1.165) is 37.1 Å². The zero-order chi connectivity index (χ0) is 15.5. The molecule has 22 heavy (non-hydrogen) atoms. The SMILES string of the molecule is CN(C)CCOC1=NC(N)N=C2C1=CCCC1CC=CC=C21. The summed E-state index contributed by atoms with van der Waals surface area (Å²) >= 11 is 0. The van der Waals surface area contributed by atoms with Crippen molar-refractivity contribution in [2.45, 2.75) is 25.6 Å². The van der Waals surface area contributed by atoms with Crippen LogP contribution in [0.4, 0.5) is 0 Å². The van der Waals surface area contributed by atoms with Crippen molar-refractivity contribution in [1.82, 2.24) is 4.90 Å². The summed E-state index contributed by atoms with van der Waals surface area (Å²) in [6, 6.07) is 0. The smallest absolute Gasteiger partial charge is 0.221 e. The molecule has 3 rings (SSSR count). The van der Waals surface area contributed by atoms with Gasteiger partial charge in [0.05, 0.1) is 11.3 Å². The molecule has 2 N–H and O–H groups in total. The van der Waals surface area contributed by atoms with E-state index in [-0.39, 0.29) is 0 Å². The van der Waals surface area contributed by atoms with Gasteiger partial charge in [-0.1, -0.05) is 24.3 Å². The highest BCUT2D eigenvalue weighted by molar-refractivity contribution is 6.29. The monoisotopic (exact) mass is 300 g/mol. The fourth-order valence-electron chi connectivity index (χ4n) is 3.03. The first-order chi connectivity index (χ1) is 10.6. The number of nitrogens with two attached hydrogens (primary N) is 1. The van der Waals surface area contributed by atoms with Gasteiger partial charge in [0.1, 0.15) is 6.61 Å². The van der Waals surface area contributed by atoms with Crippen LogP contribution in [-0.2, 0) is 4.74 Å². The highest BCUT2D eigenvalue weighted by Crippen LogP contribution is 2.33. The van der Waals surface area contributed by atoms with Crippen molar-refractivity contribution in [3.63, 3.8) is 0 Å². The van der Waals surface area contributed by atoms with Gasteiger partial charge < -0.3 is 9.64 Å². The van der Waals surface area contributed by atoms with Crippen LogP contribution in [-0.4, -0.2) is 50.0 Å². The van der Waals surface area contributed by atoms with Crippen molar-refractivity contribution in [2.24, 2.45) is 21.6 Å². The molecule has 2 atom stereocenters. The minimum atomic E-state index is -0.563. The predicted molar refractivity (Wildman–Crippen MR) is 90.0 cm³/mol. The third-order valence-electron chi connectivity index (χ3n) is 4.18. The van der Waals surface area contributed by atoms with E-state index in [4.69, 9.17) is 10.5 Å². The first-order valence-electron chi connectivity index (χ1n) is 7.92. The van der Waals surface area contributed by atoms with E-state index in [0.29, 0.717) is 18.4 Å². The van der Waals surface area contributed by atoms with Crippen molar-refractivity contribution in [2.75, 3.05) is 27.2 Å². The number of nitrogens with zero attached hydrogens (tertiary/aromatic N) is 3. The zero-order valence-electron chi connectivity index (χ0n) is 13.3. The van der Waals surface area contributed by atoms with Crippen molar-refractivity contribution in [3.8, 4) is 0 Å². The summed E-state index contributed by atoms with van der Waals surface area (Å²) in [5, 5.41) is 0. The summed E-state index contributed by atoms with van der Waals surface area (Å²) in [6.07, 6.45) is 11.4. The summed E-state index contributed by atoms with van der Waals surface area (Å²) in [5.41, 5.74) is 9.28. The Kier molecular flexibility index (Phi) is 4.55. The number of hydrogen-bond acceptors (Lipinski definition) is 5. The van der Waals surface area contributed by atoms with E-state index < -0.39 is 6.29 Å². The van der Waals surface area contributed by atoms with Crippen molar-refractivity contribution in [1.29, 1.82) is 0 Å². The summed E-state index contributed by atoms with van der Waals surface area (Å²) in [4.78, 5) is 11.1. The molecule has 2 unspecified atom stereocenters. The molecule has 0 spiro atoms. The lowest BCUT2D eigenvalue weighted by molar-refractivity contribution is 0.250. The Morgan fingerprint density at radius 3 is 3.05 bits per heavy atom. The Morgan fingerprint density at radius 2 is 2.23 bits per heavy atom. The van der Waals surface area contributed by atoms with Gasteiger partial charge in [0.15, 0.2) is 6.29 Å². The van der Waals surface area contributed by atoms with E-state index in [2.05, 4.69) is 39.2 Å². The van der Waals surface area contributed by atoms with Crippen LogP contribution in [0.2, 0.25) is 0 Å². The molecular formula is C17H24N4O. The molecule has 0 aromatic carbocycles. The Bertz CT molecular complexity index is 583. The van der Waals surface area contributed by atoms with Gasteiger partial charge in [0.2, 0.25) is 5.90 Å². The van der Waals surface area contributed by atoms with Crippen LogP contribution in [0.5, 0.6) is 0 Å². The maximum absolute atomic E-state index is 6.00. The Balaban J connectivity index is 1.84. The Hall–Kier alpha value is -1.72. The number of fused-ring (bicyclic) bond motifs is 3.